The average Bonchev–Trinajstić information content (AvgIpc) is 3.09. The first-order valence-corrected chi connectivity index (χ1v) is 10.5. The van der Waals surface area contributed by atoms with E-state index in [0.717, 1.165) is 0 Å². The number of benzene rings is 2. The van der Waals surface area contributed by atoms with Crippen molar-refractivity contribution >= 4 is 46.3 Å². The molecule has 1 fully saturated rings. The van der Waals surface area contributed by atoms with Gasteiger partial charge in [0.15, 0.2) is 0 Å². The van der Waals surface area contributed by atoms with Gasteiger partial charge in [-0.25, -0.2) is 0 Å². The minimum absolute atomic E-state index is 0.0951. The van der Waals surface area contributed by atoms with Gasteiger partial charge in [0.1, 0.15) is 17.3 Å². The summed E-state index contributed by atoms with van der Waals surface area (Å²) in [6.45, 7) is 0. The minimum Gasteiger partial charge on any atom is -0.507 e. The van der Waals surface area contributed by atoms with Crippen LogP contribution in [0.3, 0.4) is 0 Å². The van der Waals surface area contributed by atoms with Crippen molar-refractivity contribution in [3.63, 3.8) is 0 Å². The third kappa shape index (κ3) is 4.01. The van der Waals surface area contributed by atoms with Crippen LogP contribution in [0.1, 0.15) is 17.2 Å². The summed E-state index contributed by atoms with van der Waals surface area (Å²) in [7, 11) is 2.88. The second kappa shape index (κ2) is 9.13. The fraction of sp³-hybridized carbons (Fsp3) is 0.125. The van der Waals surface area contributed by atoms with Gasteiger partial charge in [0, 0.05) is 29.2 Å². The zero-order valence-electron chi connectivity index (χ0n) is 17.6. The molecule has 1 N–H and O–H groups in total. The molecular formula is C24H18Cl2N2O5. The zero-order valence-corrected chi connectivity index (χ0v) is 19.1. The van der Waals surface area contributed by atoms with E-state index in [1.165, 1.54) is 43.6 Å². The molecular weight excluding hydrogens is 467 g/mol. The van der Waals surface area contributed by atoms with Crippen LogP contribution in [0.25, 0.3) is 5.76 Å². The fourth-order valence-corrected chi connectivity index (χ4v) is 4.38. The van der Waals surface area contributed by atoms with E-state index in [9.17, 15) is 14.7 Å². The van der Waals surface area contributed by atoms with Gasteiger partial charge < -0.3 is 14.6 Å². The van der Waals surface area contributed by atoms with E-state index in [4.69, 9.17) is 32.7 Å². The number of aromatic nitrogens is 1. The fourth-order valence-electron chi connectivity index (χ4n) is 3.81. The van der Waals surface area contributed by atoms with Gasteiger partial charge >= 0.3 is 0 Å². The molecule has 1 atom stereocenters. The van der Waals surface area contributed by atoms with Crippen molar-refractivity contribution in [3.05, 3.63) is 87.7 Å². The first kappa shape index (κ1) is 22.6. The monoisotopic (exact) mass is 484 g/mol. The van der Waals surface area contributed by atoms with Crippen LogP contribution in [0.5, 0.6) is 11.5 Å². The molecule has 168 valence electrons. The summed E-state index contributed by atoms with van der Waals surface area (Å²) in [6.07, 6.45) is 3.08. The number of halogens is 2. The van der Waals surface area contributed by atoms with Gasteiger partial charge in [-0.1, -0.05) is 29.3 Å². The molecule has 0 radical (unpaired) electrons. The highest BCUT2D eigenvalue weighted by molar-refractivity contribution is 6.52. The molecule has 1 aromatic heterocycles. The summed E-state index contributed by atoms with van der Waals surface area (Å²) >= 11 is 12.4. The Balaban J connectivity index is 2.00. The third-order valence-corrected chi connectivity index (χ3v) is 5.76. The summed E-state index contributed by atoms with van der Waals surface area (Å²) in [5.74, 6) is -1.50. The number of anilines is 1. The molecule has 0 bridgehead atoms. The second-order valence-electron chi connectivity index (χ2n) is 7.12. The molecule has 0 aliphatic carbocycles. The van der Waals surface area contributed by atoms with Crippen molar-refractivity contribution in [2.24, 2.45) is 0 Å². The zero-order chi connectivity index (χ0) is 23.7. The highest BCUT2D eigenvalue weighted by Crippen LogP contribution is 2.45. The predicted octanol–water partition coefficient (Wildman–Crippen LogP) is 5.03. The van der Waals surface area contributed by atoms with E-state index in [1.807, 2.05) is 0 Å². The first-order chi connectivity index (χ1) is 15.9. The summed E-state index contributed by atoms with van der Waals surface area (Å²) in [5.41, 5.74) is 0.956. The van der Waals surface area contributed by atoms with Gasteiger partial charge in [0.05, 0.1) is 36.4 Å². The van der Waals surface area contributed by atoms with E-state index < -0.39 is 23.5 Å². The number of hydrogen-bond acceptors (Lipinski definition) is 6. The average molecular weight is 485 g/mol. The molecule has 1 unspecified atom stereocenters. The number of aliphatic hydroxyl groups excluding tert-OH is 1. The highest BCUT2D eigenvalue weighted by atomic mass is 35.5. The Bertz CT molecular complexity index is 1280. The maximum Gasteiger partial charge on any atom is 0.300 e. The van der Waals surface area contributed by atoms with Crippen LogP contribution in [0.4, 0.5) is 5.69 Å². The summed E-state index contributed by atoms with van der Waals surface area (Å²) in [6, 6.07) is 12.0. The van der Waals surface area contributed by atoms with Gasteiger partial charge in [0.25, 0.3) is 11.7 Å². The second-order valence-corrected chi connectivity index (χ2v) is 7.96. The Kier molecular flexibility index (Phi) is 6.26. The Morgan fingerprint density at radius 3 is 2.42 bits per heavy atom. The van der Waals surface area contributed by atoms with Crippen molar-refractivity contribution in [1.29, 1.82) is 0 Å². The lowest BCUT2D eigenvalue weighted by atomic mass is 9.95. The predicted molar refractivity (Wildman–Crippen MR) is 125 cm³/mol. The largest absolute Gasteiger partial charge is 0.507 e. The number of carbonyl (C=O) groups excluding carboxylic acids is 2. The maximum atomic E-state index is 13.2. The molecule has 1 aliphatic rings. The SMILES string of the molecule is COc1cccc(N2C(=O)C(=O)/C(=C(/O)c3cc(Cl)cc(Cl)c3OC)C2c2ccncc2)c1. The van der Waals surface area contributed by atoms with E-state index in [0.29, 0.717) is 17.0 Å². The van der Waals surface area contributed by atoms with Gasteiger partial charge in [0.2, 0.25) is 0 Å². The lowest BCUT2D eigenvalue weighted by Gasteiger charge is -2.25. The number of ketones is 1. The Labute approximate surface area is 199 Å². The molecule has 0 spiro atoms. The van der Waals surface area contributed by atoms with Gasteiger partial charge in [-0.05, 0) is 42.0 Å². The standard InChI is InChI=1S/C24H18Cl2N2O5/c1-32-16-5-3-4-15(12-16)28-20(13-6-8-27-9-7-13)19(22(30)24(28)31)21(29)17-10-14(25)11-18(26)23(17)33-2/h3-12,20,29H,1-2H3/b21-19+. The molecule has 1 saturated heterocycles. The molecule has 33 heavy (non-hydrogen) atoms. The van der Waals surface area contributed by atoms with E-state index >= 15 is 0 Å². The van der Waals surface area contributed by atoms with Gasteiger partial charge in [-0.2, -0.15) is 0 Å². The lowest BCUT2D eigenvalue weighted by Crippen LogP contribution is -2.29. The quantitative estimate of drug-likeness (QED) is 0.310. The topological polar surface area (TPSA) is 89.0 Å². The van der Waals surface area contributed by atoms with Crippen LogP contribution in [0, 0.1) is 0 Å². The summed E-state index contributed by atoms with van der Waals surface area (Å²) in [5, 5.41) is 11.7. The van der Waals surface area contributed by atoms with Crippen molar-refractivity contribution in [2.45, 2.75) is 6.04 Å². The molecule has 4 rings (SSSR count). The summed E-state index contributed by atoms with van der Waals surface area (Å²) < 4.78 is 10.6. The molecule has 1 amide bonds. The smallest absolute Gasteiger partial charge is 0.300 e. The Hall–Kier alpha value is -3.55. The van der Waals surface area contributed by atoms with Crippen molar-refractivity contribution < 1.29 is 24.2 Å². The molecule has 9 heteroatoms. The summed E-state index contributed by atoms with van der Waals surface area (Å²) in [4.78, 5) is 31.8. The van der Waals surface area contributed by atoms with Crippen LogP contribution in [0.2, 0.25) is 10.0 Å². The normalized spacial score (nSPS) is 17.3. The number of Topliss-reactive ketones (excluding diaryl/α,β-unsaturated/α-hetero) is 1. The van der Waals surface area contributed by atoms with Crippen LogP contribution < -0.4 is 14.4 Å². The molecule has 7 nitrogen and oxygen atoms in total. The number of carbonyl (C=O) groups is 2. The van der Waals surface area contributed by atoms with E-state index in [1.54, 1.807) is 36.4 Å². The highest BCUT2D eigenvalue weighted by Gasteiger charge is 2.47. The molecule has 0 saturated carbocycles. The van der Waals surface area contributed by atoms with Crippen molar-refractivity contribution in [2.75, 3.05) is 19.1 Å². The number of ether oxygens (including phenoxy) is 2. The Morgan fingerprint density at radius 2 is 1.76 bits per heavy atom. The van der Waals surface area contributed by atoms with Crippen LogP contribution in [-0.4, -0.2) is 36.0 Å². The number of nitrogens with zero attached hydrogens (tertiary/aromatic N) is 2. The van der Waals surface area contributed by atoms with Crippen molar-refractivity contribution in [3.8, 4) is 11.5 Å². The molecule has 2 aromatic carbocycles. The minimum atomic E-state index is -0.942. The number of amides is 1. The van der Waals surface area contributed by atoms with Gasteiger partial charge in [-0.15, -0.1) is 0 Å². The maximum absolute atomic E-state index is 13.2. The number of hydrogen-bond donors (Lipinski definition) is 1. The Morgan fingerprint density at radius 1 is 1.03 bits per heavy atom. The molecule has 2 heterocycles. The number of rotatable bonds is 5. The molecule has 1 aliphatic heterocycles. The van der Waals surface area contributed by atoms with Crippen LogP contribution >= 0.6 is 23.2 Å². The lowest BCUT2D eigenvalue weighted by molar-refractivity contribution is -0.132. The number of pyridine rings is 1. The number of methoxy groups -OCH3 is 2. The number of aliphatic hydroxyl groups is 1. The van der Waals surface area contributed by atoms with Gasteiger partial charge in [-0.3, -0.25) is 19.5 Å². The third-order valence-electron chi connectivity index (χ3n) is 5.27. The van der Waals surface area contributed by atoms with Crippen molar-refractivity contribution in [1.82, 2.24) is 4.98 Å². The first-order valence-electron chi connectivity index (χ1n) is 9.75. The molecule has 3 aromatic rings. The van der Waals surface area contributed by atoms with E-state index in [2.05, 4.69) is 4.98 Å². The van der Waals surface area contributed by atoms with E-state index in [-0.39, 0.29) is 26.9 Å². The van der Waals surface area contributed by atoms with Crippen LogP contribution in [0.15, 0.2) is 66.5 Å². The van der Waals surface area contributed by atoms with Crippen LogP contribution in [-0.2, 0) is 9.59 Å².